The standard InChI is InChI=1S/C8H10N4OS2.C5H8N4S2/c1-3-6(13)12-7(14-3)4-5(9)11-8(10-2)15-4;1-8-5-9-3(6)2(11-5)4(7)10/h13H,9H2,1-2H3,(H,10,11);6H2,1H3,(H2,7,10)(H,8,9). The molecule has 0 radical (unpaired) electrons. The zero-order valence-corrected chi connectivity index (χ0v) is 17.4. The van der Waals surface area contributed by atoms with E-state index in [2.05, 4.69) is 25.6 Å². The summed E-state index contributed by atoms with van der Waals surface area (Å²) in [5.41, 5.74) is 16.6. The fourth-order valence-electron chi connectivity index (χ4n) is 1.69. The predicted molar refractivity (Wildman–Crippen MR) is 116 cm³/mol. The van der Waals surface area contributed by atoms with Crippen LogP contribution in [0, 0.1) is 6.92 Å². The van der Waals surface area contributed by atoms with E-state index in [0.717, 1.165) is 20.0 Å². The molecular formula is C13H18N8OS4. The van der Waals surface area contributed by atoms with Gasteiger partial charge in [0.25, 0.3) is 0 Å². The maximum absolute atomic E-state index is 9.38. The van der Waals surface area contributed by atoms with E-state index in [1.54, 1.807) is 14.1 Å². The van der Waals surface area contributed by atoms with Crippen molar-refractivity contribution in [3.8, 4) is 15.8 Å². The Bertz CT molecular complexity index is 896. The zero-order valence-electron chi connectivity index (χ0n) is 14.2. The number of thiazole rings is 3. The SMILES string of the molecule is CNc1nc(N)c(-c2nc(O)c(C)s2)s1.CNc1nc(N)c(C(N)=S)s1. The zero-order chi connectivity index (χ0) is 19.4. The van der Waals surface area contributed by atoms with Gasteiger partial charge in [-0.2, -0.15) is 0 Å². The van der Waals surface area contributed by atoms with Crippen LogP contribution in [0.5, 0.6) is 5.88 Å². The number of nitrogens with zero attached hydrogens (tertiary/aromatic N) is 3. The van der Waals surface area contributed by atoms with Crippen LogP contribution >= 0.6 is 46.2 Å². The van der Waals surface area contributed by atoms with Crippen molar-refractivity contribution in [2.24, 2.45) is 5.73 Å². The molecule has 0 fully saturated rings. The molecule has 26 heavy (non-hydrogen) atoms. The number of aryl methyl sites for hydroxylation is 1. The summed E-state index contributed by atoms with van der Waals surface area (Å²) in [5.74, 6) is 0.902. The van der Waals surface area contributed by atoms with Gasteiger partial charge in [-0.25, -0.2) is 15.0 Å². The lowest BCUT2D eigenvalue weighted by Crippen LogP contribution is -2.09. The molecule has 9 N–H and O–H groups in total. The third-order valence-electron chi connectivity index (χ3n) is 2.92. The number of hydrogen-bond acceptors (Lipinski definition) is 12. The summed E-state index contributed by atoms with van der Waals surface area (Å²) in [7, 11) is 3.55. The second-order valence-corrected chi connectivity index (χ2v) is 8.37. The highest BCUT2D eigenvalue weighted by atomic mass is 32.1. The Morgan fingerprint density at radius 3 is 1.96 bits per heavy atom. The Hall–Kier alpha value is -2.22. The van der Waals surface area contributed by atoms with Gasteiger partial charge in [-0.1, -0.05) is 34.9 Å². The van der Waals surface area contributed by atoms with E-state index in [1.165, 1.54) is 34.0 Å². The van der Waals surface area contributed by atoms with Crippen molar-refractivity contribution in [2.45, 2.75) is 6.92 Å². The first kappa shape index (κ1) is 20.1. The summed E-state index contributed by atoms with van der Waals surface area (Å²) in [5, 5.41) is 17.3. The number of rotatable bonds is 4. The highest BCUT2D eigenvalue weighted by Gasteiger charge is 2.15. The lowest BCUT2D eigenvalue weighted by Gasteiger charge is -1.89. The normalized spacial score (nSPS) is 10.1. The molecule has 13 heteroatoms. The summed E-state index contributed by atoms with van der Waals surface area (Å²) in [4.78, 5) is 14.7. The second-order valence-electron chi connectivity index (χ2n) is 4.73. The van der Waals surface area contributed by atoms with Gasteiger partial charge in [0.2, 0.25) is 5.88 Å². The van der Waals surface area contributed by atoms with Gasteiger partial charge in [-0.05, 0) is 6.92 Å². The summed E-state index contributed by atoms with van der Waals surface area (Å²) < 4.78 is 0. The van der Waals surface area contributed by atoms with E-state index in [9.17, 15) is 5.11 Å². The summed E-state index contributed by atoms with van der Waals surface area (Å²) in [6.07, 6.45) is 0. The average Bonchev–Trinajstić information content (AvgIpc) is 3.25. The highest BCUT2D eigenvalue weighted by Crippen LogP contribution is 2.39. The molecule has 0 bridgehead atoms. The Labute approximate surface area is 167 Å². The van der Waals surface area contributed by atoms with Crippen LogP contribution < -0.4 is 27.8 Å². The molecule has 3 aromatic rings. The molecule has 0 atom stereocenters. The molecule has 0 unspecified atom stereocenters. The Kier molecular flexibility index (Phi) is 6.52. The molecule has 0 aliphatic rings. The van der Waals surface area contributed by atoms with E-state index in [4.69, 9.17) is 29.4 Å². The van der Waals surface area contributed by atoms with Gasteiger partial charge in [0, 0.05) is 14.1 Å². The van der Waals surface area contributed by atoms with Gasteiger partial charge >= 0.3 is 0 Å². The molecule has 0 spiro atoms. The minimum Gasteiger partial charge on any atom is -0.492 e. The first-order valence-corrected chi connectivity index (χ1v) is 9.97. The number of nitrogens with one attached hydrogen (secondary N) is 2. The van der Waals surface area contributed by atoms with Crippen molar-refractivity contribution >= 4 is 73.1 Å². The number of nitrogens with two attached hydrogens (primary N) is 3. The van der Waals surface area contributed by atoms with Crippen LogP contribution in [0.25, 0.3) is 9.88 Å². The van der Waals surface area contributed by atoms with Crippen molar-refractivity contribution < 1.29 is 5.11 Å². The largest absolute Gasteiger partial charge is 0.492 e. The first-order valence-electron chi connectivity index (χ1n) is 7.11. The molecule has 3 rings (SSSR count). The third kappa shape index (κ3) is 4.49. The van der Waals surface area contributed by atoms with Crippen molar-refractivity contribution in [2.75, 3.05) is 36.2 Å². The van der Waals surface area contributed by atoms with Crippen molar-refractivity contribution in [3.05, 3.63) is 9.75 Å². The maximum atomic E-state index is 9.38. The van der Waals surface area contributed by atoms with Crippen LogP contribution in [-0.2, 0) is 0 Å². The number of anilines is 4. The molecule has 3 aromatic heterocycles. The average molecular weight is 431 g/mol. The molecule has 0 aliphatic heterocycles. The molecule has 0 amide bonds. The molecule has 0 saturated carbocycles. The van der Waals surface area contributed by atoms with E-state index in [1.807, 2.05) is 6.92 Å². The van der Waals surface area contributed by atoms with Crippen LogP contribution in [0.1, 0.15) is 9.75 Å². The molecular weight excluding hydrogens is 412 g/mol. The van der Waals surface area contributed by atoms with Crippen LogP contribution in [0.2, 0.25) is 0 Å². The minimum atomic E-state index is 0.0637. The fourth-order valence-corrected chi connectivity index (χ4v) is 4.34. The molecule has 3 heterocycles. The van der Waals surface area contributed by atoms with E-state index < -0.39 is 0 Å². The molecule has 0 aromatic carbocycles. The van der Waals surface area contributed by atoms with Gasteiger partial charge in [0.15, 0.2) is 10.3 Å². The van der Waals surface area contributed by atoms with E-state index >= 15 is 0 Å². The monoisotopic (exact) mass is 430 g/mol. The van der Waals surface area contributed by atoms with E-state index in [-0.39, 0.29) is 5.88 Å². The minimum absolute atomic E-state index is 0.0637. The Morgan fingerprint density at radius 2 is 1.58 bits per heavy atom. The lowest BCUT2D eigenvalue weighted by atomic mass is 10.5. The Morgan fingerprint density at radius 1 is 1.00 bits per heavy atom. The third-order valence-corrected chi connectivity index (χ3v) is 6.58. The van der Waals surface area contributed by atoms with E-state index in [0.29, 0.717) is 26.5 Å². The second kappa shape index (κ2) is 8.44. The van der Waals surface area contributed by atoms with Crippen molar-refractivity contribution in [1.82, 2.24) is 15.0 Å². The van der Waals surface area contributed by atoms with Crippen LogP contribution in [0.3, 0.4) is 0 Å². The fraction of sp³-hybridized carbons (Fsp3) is 0.231. The quantitative estimate of drug-likeness (QED) is 0.339. The number of nitrogen functional groups attached to an aromatic ring is 2. The molecule has 0 saturated heterocycles. The van der Waals surface area contributed by atoms with Gasteiger partial charge in [0.05, 0.1) is 4.88 Å². The predicted octanol–water partition coefficient (Wildman–Crippen LogP) is 2.31. The van der Waals surface area contributed by atoms with Gasteiger partial charge < -0.3 is 32.9 Å². The van der Waals surface area contributed by atoms with Crippen LogP contribution in [0.15, 0.2) is 0 Å². The number of aromatic hydroxyl groups is 1. The number of thiocarbonyl (C=S) groups is 1. The summed E-state index contributed by atoms with van der Waals surface area (Å²) in [6.45, 7) is 1.81. The summed E-state index contributed by atoms with van der Waals surface area (Å²) in [6, 6.07) is 0. The topological polar surface area (TPSA) is 161 Å². The van der Waals surface area contributed by atoms with Crippen molar-refractivity contribution in [1.29, 1.82) is 0 Å². The molecule has 9 nitrogen and oxygen atoms in total. The van der Waals surface area contributed by atoms with Crippen LogP contribution in [-0.4, -0.2) is 39.1 Å². The van der Waals surface area contributed by atoms with Crippen LogP contribution in [0.4, 0.5) is 21.9 Å². The number of hydrogen-bond donors (Lipinski definition) is 6. The highest BCUT2D eigenvalue weighted by molar-refractivity contribution is 7.81. The lowest BCUT2D eigenvalue weighted by molar-refractivity contribution is 0.454. The van der Waals surface area contributed by atoms with Crippen molar-refractivity contribution in [3.63, 3.8) is 0 Å². The maximum Gasteiger partial charge on any atom is 0.225 e. The van der Waals surface area contributed by atoms with Gasteiger partial charge in [-0.3, -0.25) is 0 Å². The summed E-state index contributed by atoms with van der Waals surface area (Å²) >= 11 is 8.94. The van der Waals surface area contributed by atoms with Gasteiger partial charge in [0.1, 0.15) is 31.4 Å². The number of aromatic nitrogens is 3. The molecule has 140 valence electrons. The smallest absolute Gasteiger partial charge is 0.225 e. The first-order chi connectivity index (χ1) is 12.3. The molecule has 0 aliphatic carbocycles. The Balaban J connectivity index is 0.000000197. The van der Waals surface area contributed by atoms with Gasteiger partial charge in [-0.15, -0.1) is 11.3 Å².